The largest absolute Gasteiger partial charge is 0.436 e. The van der Waals surface area contributed by atoms with E-state index in [0.29, 0.717) is 11.3 Å². The molecular weight excluding hydrogens is 405 g/mol. The fourth-order valence-electron chi connectivity index (χ4n) is 2.69. The fraction of sp³-hybridized carbons (Fsp3) is 0.263. The molecule has 0 spiro atoms. The number of dihydropyridines is 1. The van der Waals surface area contributed by atoms with Crippen molar-refractivity contribution in [3.63, 3.8) is 0 Å². The standard InChI is InChI=1S/C19H17Cl2N3O4/c1-9-4-15(26)18(23-24(9)3)11-5-13(20)19(14(21)6-11)28-17-7-12(10(2)25)16(27)8-22-17/h5-7,10,25H,1,4,8H2,2-3H3/t10-/m0/s1. The quantitative estimate of drug-likeness (QED) is 0.809. The second-order valence-electron chi connectivity index (χ2n) is 6.36. The number of halogens is 2. The monoisotopic (exact) mass is 421 g/mol. The third kappa shape index (κ3) is 4.01. The number of hydrazone groups is 1. The Morgan fingerprint density at radius 1 is 1.25 bits per heavy atom. The van der Waals surface area contributed by atoms with Crippen LogP contribution in [-0.2, 0) is 9.59 Å². The van der Waals surface area contributed by atoms with E-state index in [-0.39, 0.29) is 57.5 Å². The molecule has 28 heavy (non-hydrogen) atoms. The molecular formula is C19H17Cl2N3O4. The van der Waals surface area contributed by atoms with Gasteiger partial charge >= 0.3 is 0 Å². The molecule has 9 heteroatoms. The summed E-state index contributed by atoms with van der Waals surface area (Å²) in [5.74, 6) is -0.241. The maximum Gasteiger partial charge on any atom is 0.215 e. The number of nitrogens with zero attached hydrogens (tertiary/aromatic N) is 3. The normalized spacial score (nSPS) is 18.5. The van der Waals surface area contributed by atoms with Crippen LogP contribution in [0, 0.1) is 0 Å². The molecule has 3 rings (SSSR count). The van der Waals surface area contributed by atoms with E-state index in [2.05, 4.69) is 16.7 Å². The Hall–Kier alpha value is -2.48. The van der Waals surface area contributed by atoms with Crippen molar-refractivity contribution in [2.75, 3.05) is 13.6 Å². The Kier molecular flexibility index (Phi) is 5.69. The number of hydrogen-bond donors (Lipinski definition) is 1. The molecule has 2 aliphatic rings. The summed E-state index contributed by atoms with van der Waals surface area (Å²) < 4.78 is 5.65. The van der Waals surface area contributed by atoms with Gasteiger partial charge in [-0.25, -0.2) is 4.99 Å². The molecule has 2 heterocycles. The Balaban J connectivity index is 1.92. The number of Topliss-reactive ketones (excluding diaryl/α,β-unsaturated/α-hetero) is 2. The Morgan fingerprint density at radius 2 is 1.89 bits per heavy atom. The van der Waals surface area contributed by atoms with Crippen LogP contribution < -0.4 is 4.74 Å². The highest BCUT2D eigenvalue weighted by Crippen LogP contribution is 2.35. The lowest BCUT2D eigenvalue weighted by Crippen LogP contribution is -2.28. The van der Waals surface area contributed by atoms with E-state index in [1.807, 2.05) is 0 Å². The predicted molar refractivity (Wildman–Crippen MR) is 107 cm³/mol. The van der Waals surface area contributed by atoms with Gasteiger partial charge < -0.3 is 9.84 Å². The van der Waals surface area contributed by atoms with Gasteiger partial charge in [-0.2, -0.15) is 5.10 Å². The van der Waals surface area contributed by atoms with Crippen molar-refractivity contribution >= 4 is 46.4 Å². The van der Waals surface area contributed by atoms with Crippen LogP contribution in [-0.4, -0.2) is 53.0 Å². The molecule has 0 saturated heterocycles. The molecule has 0 bridgehead atoms. The third-order valence-corrected chi connectivity index (χ3v) is 4.81. The Bertz CT molecular complexity index is 956. The number of carbonyl (C=O) groups is 2. The van der Waals surface area contributed by atoms with Crippen LogP contribution in [0.5, 0.6) is 5.75 Å². The molecule has 2 aliphatic heterocycles. The van der Waals surface area contributed by atoms with Gasteiger partial charge in [-0.05, 0) is 19.1 Å². The zero-order valence-electron chi connectivity index (χ0n) is 15.2. The predicted octanol–water partition coefficient (Wildman–Crippen LogP) is 2.78. The zero-order valence-corrected chi connectivity index (χ0v) is 16.7. The van der Waals surface area contributed by atoms with Gasteiger partial charge in [0.05, 0.1) is 22.6 Å². The molecule has 146 valence electrons. The van der Waals surface area contributed by atoms with E-state index < -0.39 is 6.10 Å². The fourth-order valence-corrected chi connectivity index (χ4v) is 3.26. The summed E-state index contributed by atoms with van der Waals surface area (Å²) in [6, 6.07) is 3.05. The van der Waals surface area contributed by atoms with E-state index in [1.54, 1.807) is 7.05 Å². The average molecular weight is 422 g/mol. The molecule has 0 radical (unpaired) electrons. The number of rotatable bonds is 3. The highest BCUT2D eigenvalue weighted by atomic mass is 35.5. The number of aliphatic hydroxyl groups is 1. The van der Waals surface area contributed by atoms with E-state index in [1.165, 1.54) is 30.1 Å². The highest BCUT2D eigenvalue weighted by Gasteiger charge is 2.26. The van der Waals surface area contributed by atoms with Gasteiger partial charge in [-0.3, -0.25) is 14.6 Å². The molecule has 7 nitrogen and oxygen atoms in total. The van der Waals surface area contributed by atoms with Crippen molar-refractivity contribution in [2.24, 2.45) is 10.1 Å². The lowest BCUT2D eigenvalue weighted by atomic mass is 10.0. The third-order valence-electron chi connectivity index (χ3n) is 4.24. The van der Waals surface area contributed by atoms with Crippen molar-refractivity contribution < 1.29 is 19.4 Å². The number of aliphatic imine (C=N–C) groups is 1. The number of ketones is 2. The van der Waals surface area contributed by atoms with Gasteiger partial charge in [0, 0.05) is 30.0 Å². The first-order valence-corrected chi connectivity index (χ1v) is 9.11. The van der Waals surface area contributed by atoms with E-state index in [9.17, 15) is 14.7 Å². The topological polar surface area (TPSA) is 91.6 Å². The van der Waals surface area contributed by atoms with Gasteiger partial charge in [0.25, 0.3) is 0 Å². The minimum Gasteiger partial charge on any atom is -0.436 e. The summed E-state index contributed by atoms with van der Waals surface area (Å²) >= 11 is 12.6. The molecule has 0 fully saturated rings. The maximum atomic E-state index is 12.3. The van der Waals surface area contributed by atoms with Gasteiger partial charge in [0.2, 0.25) is 5.90 Å². The van der Waals surface area contributed by atoms with Gasteiger partial charge in [0.15, 0.2) is 17.3 Å². The summed E-state index contributed by atoms with van der Waals surface area (Å²) in [7, 11) is 1.70. The highest BCUT2D eigenvalue weighted by molar-refractivity contribution is 6.48. The lowest BCUT2D eigenvalue weighted by Gasteiger charge is -2.23. The molecule has 0 saturated carbocycles. The van der Waals surface area contributed by atoms with Crippen LogP contribution in [0.2, 0.25) is 10.0 Å². The van der Waals surface area contributed by atoms with Gasteiger partial charge in [-0.1, -0.05) is 29.8 Å². The van der Waals surface area contributed by atoms with Gasteiger partial charge in [0.1, 0.15) is 12.3 Å². The lowest BCUT2D eigenvalue weighted by molar-refractivity contribution is -0.115. The molecule has 0 amide bonds. The molecule has 1 atom stereocenters. The van der Waals surface area contributed by atoms with Crippen LogP contribution in [0.4, 0.5) is 0 Å². The summed E-state index contributed by atoms with van der Waals surface area (Å²) in [6.07, 6.45) is 0.560. The summed E-state index contributed by atoms with van der Waals surface area (Å²) in [5, 5.41) is 15.7. The molecule has 0 aromatic heterocycles. The Morgan fingerprint density at radius 3 is 2.50 bits per heavy atom. The SMILES string of the molecule is C=C1CC(=O)C(c2cc(Cl)c(OC3=NCC(=O)C([C@H](C)O)=C3)c(Cl)c2)=NN1C. The van der Waals surface area contributed by atoms with Crippen LogP contribution in [0.1, 0.15) is 18.9 Å². The molecule has 1 N–H and O–H groups in total. The molecule has 0 unspecified atom stereocenters. The maximum absolute atomic E-state index is 12.3. The smallest absolute Gasteiger partial charge is 0.215 e. The zero-order chi connectivity index (χ0) is 20.6. The van der Waals surface area contributed by atoms with Crippen LogP contribution in [0.25, 0.3) is 0 Å². The van der Waals surface area contributed by atoms with E-state index in [4.69, 9.17) is 27.9 Å². The van der Waals surface area contributed by atoms with Crippen molar-refractivity contribution in [1.29, 1.82) is 0 Å². The Labute approximate surface area is 171 Å². The number of benzene rings is 1. The summed E-state index contributed by atoms with van der Waals surface area (Å²) in [4.78, 5) is 28.1. The minimum absolute atomic E-state index is 0.106. The minimum atomic E-state index is -0.947. The number of allylic oxidation sites excluding steroid dienone is 1. The molecule has 1 aromatic carbocycles. The van der Waals surface area contributed by atoms with Crippen LogP contribution in [0.15, 0.2) is 46.2 Å². The first kappa shape index (κ1) is 20.3. The van der Waals surface area contributed by atoms with E-state index in [0.717, 1.165) is 0 Å². The molecule has 0 aliphatic carbocycles. The molecule has 1 aromatic rings. The van der Waals surface area contributed by atoms with Crippen molar-refractivity contribution in [3.8, 4) is 5.75 Å². The van der Waals surface area contributed by atoms with Gasteiger partial charge in [-0.15, -0.1) is 0 Å². The number of carbonyl (C=O) groups excluding carboxylic acids is 2. The second-order valence-corrected chi connectivity index (χ2v) is 7.18. The number of hydrogen-bond acceptors (Lipinski definition) is 7. The van der Waals surface area contributed by atoms with Crippen LogP contribution in [0.3, 0.4) is 0 Å². The van der Waals surface area contributed by atoms with Crippen molar-refractivity contribution in [3.05, 3.63) is 51.7 Å². The van der Waals surface area contributed by atoms with Crippen molar-refractivity contribution in [1.82, 2.24) is 5.01 Å². The summed E-state index contributed by atoms with van der Waals surface area (Å²) in [5.41, 5.74) is 1.46. The second kappa shape index (κ2) is 7.87. The van der Waals surface area contributed by atoms with Crippen molar-refractivity contribution in [2.45, 2.75) is 19.4 Å². The van der Waals surface area contributed by atoms with E-state index >= 15 is 0 Å². The van der Waals surface area contributed by atoms with Crippen LogP contribution >= 0.6 is 23.2 Å². The number of ether oxygens (including phenoxy) is 1. The first-order chi connectivity index (χ1) is 13.2. The average Bonchev–Trinajstić information content (AvgIpc) is 2.62. The number of aliphatic hydroxyl groups excluding tert-OH is 1. The summed E-state index contributed by atoms with van der Waals surface area (Å²) in [6.45, 7) is 5.12. The first-order valence-electron chi connectivity index (χ1n) is 8.35.